The van der Waals surface area contributed by atoms with E-state index in [4.69, 9.17) is 5.11 Å². The molecule has 34 heavy (non-hydrogen) atoms. The fourth-order valence-electron chi connectivity index (χ4n) is 3.58. The topological polar surface area (TPSA) is 66.6 Å². The van der Waals surface area contributed by atoms with E-state index >= 15 is 0 Å². The van der Waals surface area contributed by atoms with Crippen LogP contribution in [0.1, 0.15) is 37.9 Å². The van der Waals surface area contributed by atoms with Gasteiger partial charge in [-0.1, -0.05) is 68.3 Å². The number of pyridine rings is 1. The van der Waals surface area contributed by atoms with Crippen molar-refractivity contribution in [3.63, 3.8) is 0 Å². The Morgan fingerprint density at radius 3 is 2.41 bits per heavy atom. The second-order valence-electron chi connectivity index (χ2n) is 7.86. The van der Waals surface area contributed by atoms with Crippen LogP contribution in [-0.2, 0) is 4.79 Å². The van der Waals surface area contributed by atoms with Crippen molar-refractivity contribution in [2.45, 2.75) is 33.6 Å². The molecule has 5 nitrogen and oxygen atoms in total. The lowest BCUT2D eigenvalue weighted by Crippen LogP contribution is -2.14. The first-order chi connectivity index (χ1) is 16.5. The maximum Gasteiger partial charge on any atom is 0.303 e. The van der Waals surface area contributed by atoms with Crippen LogP contribution >= 0.6 is 0 Å². The highest BCUT2D eigenvalue weighted by Gasteiger charge is 2.09. The van der Waals surface area contributed by atoms with E-state index in [2.05, 4.69) is 103 Å². The summed E-state index contributed by atoms with van der Waals surface area (Å²) < 4.78 is 2.05. The zero-order valence-corrected chi connectivity index (χ0v) is 20.0. The lowest BCUT2D eigenvalue weighted by Gasteiger charge is -2.12. The van der Waals surface area contributed by atoms with Crippen LogP contribution < -0.4 is 5.32 Å². The number of hydrogen-bond acceptors (Lipinski definition) is 3. The Labute approximate surface area is 201 Å². The molecule has 0 aliphatic heterocycles. The SMILES string of the molecule is CCC(=O)O.CCCNCC#Cc1cnc2cc(-c3cccc(-c4ccccc4)c3C)ccn12. The largest absolute Gasteiger partial charge is 0.481 e. The molecule has 2 aromatic carbocycles. The number of aromatic nitrogens is 2. The average molecular weight is 454 g/mol. The molecule has 174 valence electrons. The first-order valence-corrected chi connectivity index (χ1v) is 11.6. The molecule has 2 heterocycles. The predicted molar refractivity (Wildman–Crippen MR) is 139 cm³/mol. The summed E-state index contributed by atoms with van der Waals surface area (Å²) in [6, 6.07) is 21.3. The van der Waals surface area contributed by atoms with Gasteiger partial charge < -0.3 is 10.4 Å². The van der Waals surface area contributed by atoms with Crippen LogP contribution in [0, 0.1) is 18.8 Å². The predicted octanol–water partition coefficient (Wildman–Crippen LogP) is 5.81. The van der Waals surface area contributed by atoms with Crippen LogP contribution in [0.5, 0.6) is 0 Å². The van der Waals surface area contributed by atoms with Gasteiger partial charge in [0.1, 0.15) is 11.3 Å². The van der Waals surface area contributed by atoms with Gasteiger partial charge in [-0.15, -0.1) is 0 Å². The molecule has 4 aromatic rings. The molecule has 0 atom stereocenters. The number of carbonyl (C=O) groups is 1. The number of fused-ring (bicyclic) bond motifs is 1. The highest BCUT2D eigenvalue weighted by Crippen LogP contribution is 2.32. The van der Waals surface area contributed by atoms with Crippen molar-refractivity contribution in [2.75, 3.05) is 13.1 Å². The van der Waals surface area contributed by atoms with Crippen LogP contribution in [0.15, 0.2) is 73.1 Å². The molecule has 2 N–H and O–H groups in total. The van der Waals surface area contributed by atoms with E-state index in [0.29, 0.717) is 6.54 Å². The summed E-state index contributed by atoms with van der Waals surface area (Å²) in [4.78, 5) is 13.9. The van der Waals surface area contributed by atoms with Crippen molar-refractivity contribution in [3.05, 3.63) is 84.3 Å². The highest BCUT2D eigenvalue weighted by atomic mass is 16.4. The smallest absolute Gasteiger partial charge is 0.303 e. The van der Waals surface area contributed by atoms with Crippen molar-refractivity contribution < 1.29 is 9.90 Å². The summed E-state index contributed by atoms with van der Waals surface area (Å²) in [6.45, 7) is 7.63. The fourth-order valence-corrected chi connectivity index (χ4v) is 3.58. The van der Waals surface area contributed by atoms with Crippen molar-refractivity contribution in [3.8, 4) is 34.1 Å². The zero-order valence-electron chi connectivity index (χ0n) is 20.0. The molecule has 0 spiro atoms. The quantitative estimate of drug-likeness (QED) is 0.286. The molecule has 0 unspecified atom stereocenters. The van der Waals surface area contributed by atoms with Gasteiger partial charge in [0.25, 0.3) is 0 Å². The van der Waals surface area contributed by atoms with Crippen LogP contribution in [0.3, 0.4) is 0 Å². The Morgan fingerprint density at radius 2 is 1.74 bits per heavy atom. The van der Waals surface area contributed by atoms with Crippen LogP contribution in [-0.4, -0.2) is 33.6 Å². The number of imidazole rings is 1. The Kier molecular flexibility index (Phi) is 9.02. The molecule has 0 aliphatic rings. The van der Waals surface area contributed by atoms with E-state index in [0.717, 1.165) is 24.3 Å². The summed E-state index contributed by atoms with van der Waals surface area (Å²) in [6.07, 6.45) is 5.25. The fraction of sp³-hybridized carbons (Fsp3) is 0.241. The van der Waals surface area contributed by atoms with Crippen LogP contribution in [0.4, 0.5) is 0 Å². The first kappa shape index (κ1) is 24.8. The van der Waals surface area contributed by atoms with Crippen LogP contribution in [0.25, 0.3) is 27.9 Å². The van der Waals surface area contributed by atoms with E-state index < -0.39 is 5.97 Å². The Morgan fingerprint density at radius 1 is 1.03 bits per heavy atom. The van der Waals surface area contributed by atoms with Gasteiger partial charge >= 0.3 is 5.97 Å². The Hall–Kier alpha value is -3.88. The number of carboxylic acid groups (broad SMARTS) is 1. The number of rotatable bonds is 6. The molecule has 0 saturated heterocycles. The van der Waals surface area contributed by atoms with Gasteiger partial charge in [0, 0.05) is 12.6 Å². The lowest BCUT2D eigenvalue weighted by atomic mass is 9.93. The molecule has 5 heteroatoms. The van der Waals surface area contributed by atoms with Gasteiger partial charge in [-0.2, -0.15) is 0 Å². The third kappa shape index (κ3) is 6.34. The van der Waals surface area contributed by atoms with Crippen molar-refractivity contribution in [1.82, 2.24) is 14.7 Å². The Balaban J connectivity index is 0.000000588. The van der Waals surface area contributed by atoms with Gasteiger partial charge in [-0.3, -0.25) is 9.20 Å². The standard InChI is InChI=1S/C26H25N3.C3H6O2/c1-3-15-27-16-8-11-23-19-28-26-18-22(14-17-29(23)26)25-13-7-12-24(20(25)2)21-9-5-4-6-10-21;1-2-3(4)5/h4-7,9-10,12-14,17-19,27H,3,15-16H2,1-2H3;2H2,1H3,(H,4,5). The average Bonchev–Trinajstić information content (AvgIpc) is 3.27. The zero-order chi connectivity index (χ0) is 24.3. The maximum absolute atomic E-state index is 9.37. The molecule has 0 fully saturated rings. The lowest BCUT2D eigenvalue weighted by molar-refractivity contribution is -0.136. The van der Waals surface area contributed by atoms with Crippen molar-refractivity contribution in [2.24, 2.45) is 0 Å². The minimum atomic E-state index is -0.745. The van der Waals surface area contributed by atoms with Crippen molar-refractivity contribution >= 4 is 11.6 Å². The number of carboxylic acids is 1. The molecular weight excluding hydrogens is 422 g/mol. The summed E-state index contributed by atoms with van der Waals surface area (Å²) >= 11 is 0. The maximum atomic E-state index is 9.37. The highest BCUT2D eigenvalue weighted by molar-refractivity contribution is 5.79. The minimum absolute atomic E-state index is 0.222. The van der Waals surface area contributed by atoms with Gasteiger partial charge in [-0.05, 0) is 65.8 Å². The summed E-state index contributed by atoms with van der Waals surface area (Å²) in [5.74, 6) is 5.64. The van der Waals surface area contributed by atoms with Gasteiger partial charge in [0.2, 0.25) is 0 Å². The van der Waals surface area contributed by atoms with E-state index in [1.165, 1.54) is 27.8 Å². The molecule has 0 aliphatic carbocycles. The number of benzene rings is 2. The van der Waals surface area contributed by atoms with E-state index in [-0.39, 0.29) is 6.42 Å². The summed E-state index contributed by atoms with van der Waals surface area (Å²) in [5.41, 5.74) is 8.00. The molecule has 0 radical (unpaired) electrons. The number of hydrogen-bond donors (Lipinski definition) is 2. The molecular formula is C29H31N3O2. The van der Waals surface area contributed by atoms with Crippen LogP contribution in [0.2, 0.25) is 0 Å². The number of nitrogens with one attached hydrogen (secondary N) is 1. The number of nitrogens with zero attached hydrogens (tertiary/aromatic N) is 2. The monoisotopic (exact) mass is 453 g/mol. The minimum Gasteiger partial charge on any atom is -0.481 e. The molecule has 4 rings (SSSR count). The van der Waals surface area contributed by atoms with E-state index in [1.807, 2.05) is 10.6 Å². The molecule has 0 bridgehead atoms. The summed E-state index contributed by atoms with van der Waals surface area (Å²) in [5, 5.41) is 11.0. The van der Waals surface area contributed by atoms with E-state index in [1.54, 1.807) is 6.92 Å². The second-order valence-corrected chi connectivity index (χ2v) is 7.86. The third-order valence-electron chi connectivity index (χ3n) is 5.40. The van der Waals surface area contributed by atoms with Crippen molar-refractivity contribution in [1.29, 1.82) is 0 Å². The third-order valence-corrected chi connectivity index (χ3v) is 5.40. The van der Waals surface area contributed by atoms with Gasteiger partial charge in [-0.25, -0.2) is 4.98 Å². The second kappa shape index (κ2) is 12.4. The number of aliphatic carboxylic acids is 1. The normalized spacial score (nSPS) is 10.2. The van der Waals surface area contributed by atoms with Gasteiger partial charge in [0.05, 0.1) is 12.7 Å². The first-order valence-electron chi connectivity index (χ1n) is 11.6. The molecule has 0 amide bonds. The van der Waals surface area contributed by atoms with E-state index in [9.17, 15) is 4.79 Å². The molecule has 2 aromatic heterocycles. The Bertz CT molecular complexity index is 1300. The summed E-state index contributed by atoms with van der Waals surface area (Å²) in [7, 11) is 0. The van der Waals surface area contributed by atoms with Gasteiger partial charge in [0.15, 0.2) is 0 Å². The molecule has 0 saturated carbocycles.